The number of carbonyl (C=O) groups excluding carboxylic acids is 2. The number of benzene rings is 1. The third kappa shape index (κ3) is 4.53. The fourth-order valence-electron chi connectivity index (χ4n) is 2.63. The van der Waals surface area contributed by atoms with Gasteiger partial charge in [-0.05, 0) is 24.1 Å². The largest absolute Gasteiger partial charge is 0.341 e. The zero-order valence-electron chi connectivity index (χ0n) is 12.6. The minimum atomic E-state index is -0.334. The first-order valence-electron chi connectivity index (χ1n) is 7.60. The number of rotatable bonds is 4. The number of nitrogens with two attached hydrogens (primary N) is 1. The number of amides is 2. The van der Waals surface area contributed by atoms with Crippen LogP contribution in [0.3, 0.4) is 0 Å². The smallest absolute Gasteiger partial charge is 0.227 e. The summed E-state index contributed by atoms with van der Waals surface area (Å²) in [5.74, 6) is -0.319. The molecule has 22 heavy (non-hydrogen) atoms. The van der Waals surface area contributed by atoms with Gasteiger partial charge in [0, 0.05) is 39.1 Å². The third-order valence-corrected chi connectivity index (χ3v) is 3.80. The normalized spacial score (nSPS) is 15.5. The average molecular weight is 307 g/mol. The van der Waals surface area contributed by atoms with Crippen molar-refractivity contribution >= 4 is 11.8 Å². The van der Waals surface area contributed by atoms with Gasteiger partial charge < -0.3 is 15.5 Å². The molecule has 5 nitrogen and oxygen atoms in total. The van der Waals surface area contributed by atoms with Crippen molar-refractivity contribution in [2.75, 3.05) is 32.7 Å². The van der Waals surface area contributed by atoms with Crippen molar-refractivity contribution in [1.82, 2.24) is 9.80 Å². The number of carbonyl (C=O) groups is 2. The van der Waals surface area contributed by atoms with Crippen LogP contribution in [0, 0.1) is 5.82 Å². The Labute approximate surface area is 129 Å². The molecule has 0 atom stereocenters. The molecule has 2 N–H and O–H groups in total. The van der Waals surface area contributed by atoms with E-state index in [1.54, 1.807) is 21.9 Å². The second-order valence-corrected chi connectivity index (χ2v) is 5.46. The summed E-state index contributed by atoms with van der Waals surface area (Å²) in [5, 5.41) is 0. The maximum absolute atomic E-state index is 13.2. The summed E-state index contributed by atoms with van der Waals surface area (Å²) < 4.78 is 13.2. The topological polar surface area (TPSA) is 66.6 Å². The van der Waals surface area contributed by atoms with Gasteiger partial charge in [0.2, 0.25) is 11.8 Å². The molecule has 1 fully saturated rings. The molecule has 6 heteroatoms. The summed E-state index contributed by atoms with van der Waals surface area (Å²) in [6, 6.07) is 6.09. The average Bonchev–Trinajstić information content (AvgIpc) is 2.73. The van der Waals surface area contributed by atoms with Crippen molar-refractivity contribution in [2.24, 2.45) is 5.73 Å². The zero-order valence-corrected chi connectivity index (χ0v) is 12.6. The second kappa shape index (κ2) is 7.89. The standard InChI is InChI=1S/C16H22FN3O2/c17-14-4-1-3-13(11-14)12-16(22)20-8-2-7-19(9-10-20)15(21)5-6-18/h1,3-4,11H,2,5-10,12,18H2. The van der Waals surface area contributed by atoms with Crippen LogP contribution in [0.25, 0.3) is 0 Å². The van der Waals surface area contributed by atoms with E-state index in [0.717, 1.165) is 6.42 Å². The molecular formula is C16H22FN3O2. The van der Waals surface area contributed by atoms with E-state index < -0.39 is 0 Å². The summed E-state index contributed by atoms with van der Waals surface area (Å²) in [4.78, 5) is 27.7. The molecule has 0 unspecified atom stereocenters. The quantitative estimate of drug-likeness (QED) is 0.894. The van der Waals surface area contributed by atoms with Crippen LogP contribution in [0.5, 0.6) is 0 Å². The number of halogens is 1. The van der Waals surface area contributed by atoms with Gasteiger partial charge >= 0.3 is 0 Å². The van der Waals surface area contributed by atoms with Crippen molar-refractivity contribution in [3.05, 3.63) is 35.6 Å². The van der Waals surface area contributed by atoms with Crippen molar-refractivity contribution in [3.8, 4) is 0 Å². The minimum Gasteiger partial charge on any atom is -0.341 e. The van der Waals surface area contributed by atoms with Gasteiger partial charge in [0.05, 0.1) is 6.42 Å². The molecule has 1 heterocycles. The minimum absolute atomic E-state index is 0.0290. The van der Waals surface area contributed by atoms with E-state index in [0.29, 0.717) is 44.7 Å². The van der Waals surface area contributed by atoms with Crippen LogP contribution in [0.15, 0.2) is 24.3 Å². The summed E-state index contributed by atoms with van der Waals surface area (Å²) >= 11 is 0. The van der Waals surface area contributed by atoms with Crippen LogP contribution in [0.4, 0.5) is 4.39 Å². The van der Waals surface area contributed by atoms with E-state index in [9.17, 15) is 14.0 Å². The highest BCUT2D eigenvalue weighted by atomic mass is 19.1. The molecule has 0 aromatic heterocycles. The fraction of sp³-hybridized carbons (Fsp3) is 0.500. The summed E-state index contributed by atoms with van der Waals surface area (Å²) in [6.45, 7) is 2.68. The predicted octanol–water partition coefficient (Wildman–Crippen LogP) is 0.778. The second-order valence-electron chi connectivity index (χ2n) is 5.46. The van der Waals surface area contributed by atoms with Gasteiger partial charge in [-0.2, -0.15) is 0 Å². The fourth-order valence-corrected chi connectivity index (χ4v) is 2.63. The monoisotopic (exact) mass is 307 g/mol. The molecule has 0 spiro atoms. The molecule has 0 saturated carbocycles. The number of nitrogens with zero attached hydrogens (tertiary/aromatic N) is 2. The molecule has 2 amide bonds. The van der Waals surface area contributed by atoms with Crippen LogP contribution < -0.4 is 5.73 Å². The molecular weight excluding hydrogens is 285 g/mol. The molecule has 0 bridgehead atoms. The SMILES string of the molecule is NCCC(=O)N1CCCN(C(=O)Cc2cccc(F)c2)CC1. The molecule has 0 radical (unpaired) electrons. The third-order valence-electron chi connectivity index (χ3n) is 3.80. The van der Waals surface area contributed by atoms with Crippen LogP contribution in [-0.2, 0) is 16.0 Å². The van der Waals surface area contributed by atoms with Crippen LogP contribution in [-0.4, -0.2) is 54.3 Å². The molecule has 1 aromatic rings. The molecule has 1 saturated heterocycles. The Morgan fingerprint density at radius 3 is 2.41 bits per heavy atom. The molecule has 2 rings (SSSR count). The first-order chi connectivity index (χ1) is 10.6. The van der Waals surface area contributed by atoms with E-state index in [1.165, 1.54) is 12.1 Å². The maximum atomic E-state index is 13.2. The Morgan fingerprint density at radius 1 is 1.09 bits per heavy atom. The van der Waals surface area contributed by atoms with E-state index in [-0.39, 0.29) is 24.1 Å². The van der Waals surface area contributed by atoms with E-state index >= 15 is 0 Å². The van der Waals surface area contributed by atoms with Gasteiger partial charge in [-0.25, -0.2) is 4.39 Å². The first-order valence-corrected chi connectivity index (χ1v) is 7.60. The Bertz CT molecular complexity index is 536. The molecule has 1 aliphatic rings. The highest BCUT2D eigenvalue weighted by molar-refractivity contribution is 5.79. The Morgan fingerprint density at radius 2 is 1.77 bits per heavy atom. The lowest BCUT2D eigenvalue weighted by molar-refractivity contribution is -0.133. The Hall–Kier alpha value is -1.95. The highest BCUT2D eigenvalue weighted by Gasteiger charge is 2.21. The van der Waals surface area contributed by atoms with Crippen LogP contribution in [0.2, 0.25) is 0 Å². The van der Waals surface area contributed by atoms with Crippen molar-refractivity contribution < 1.29 is 14.0 Å². The zero-order chi connectivity index (χ0) is 15.9. The van der Waals surface area contributed by atoms with Gasteiger partial charge in [-0.3, -0.25) is 9.59 Å². The Kier molecular flexibility index (Phi) is 5.89. The molecule has 1 aliphatic heterocycles. The van der Waals surface area contributed by atoms with Crippen LogP contribution in [0.1, 0.15) is 18.4 Å². The predicted molar refractivity (Wildman–Crippen MR) is 81.6 cm³/mol. The Balaban J connectivity index is 1.90. The van der Waals surface area contributed by atoms with E-state index in [2.05, 4.69) is 0 Å². The van der Waals surface area contributed by atoms with Gasteiger partial charge in [-0.15, -0.1) is 0 Å². The maximum Gasteiger partial charge on any atom is 0.227 e. The lowest BCUT2D eigenvalue weighted by Crippen LogP contribution is -2.38. The lowest BCUT2D eigenvalue weighted by atomic mass is 10.1. The molecule has 120 valence electrons. The highest BCUT2D eigenvalue weighted by Crippen LogP contribution is 2.09. The first kappa shape index (κ1) is 16.4. The van der Waals surface area contributed by atoms with Crippen molar-refractivity contribution in [3.63, 3.8) is 0 Å². The van der Waals surface area contributed by atoms with Crippen molar-refractivity contribution in [2.45, 2.75) is 19.3 Å². The summed E-state index contributed by atoms with van der Waals surface area (Å²) in [7, 11) is 0. The van der Waals surface area contributed by atoms with Crippen LogP contribution >= 0.6 is 0 Å². The summed E-state index contributed by atoms with van der Waals surface area (Å²) in [6.07, 6.45) is 1.29. The van der Waals surface area contributed by atoms with Crippen molar-refractivity contribution in [1.29, 1.82) is 0 Å². The van der Waals surface area contributed by atoms with Gasteiger partial charge in [-0.1, -0.05) is 12.1 Å². The van der Waals surface area contributed by atoms with Gasteiger partial charge in [0.1, 0.15) is 5.82 Å². The number of hydrogen-bond acceptors (Lipinski definition) is 3. The summed E-state index contributed by atoms with van der Waals surface area (Å²) in [5.41, 5.74) is 6.08. The lowest BCUT2D eigenvalue weighted by Gasteiger charge is -2.22. The molecule has 1 aromatic carbocycles. The van der Waals surface area contributed by atoms with Gasteiger partial charge in [0.25, 0.3) is 0 Å². The number of hydrogen-bond donors (Lipinski definition) is 1. The van der Waals surface area contributed by atoms with E-state index in [4.69, 9.17) is 5.73 Å². The molecule has 0 aliphatic carbocycles. The van der Waals surface area contributed by atoms with E-state index in [1.807, 2.05) is 0 Å². The van der Waals surface area contributed by atoms with Gasteiger partial charge in [0.15, 0.2) is 0 Å².